The first kappa shape index (κ1) is 12.9. The average Bonchev–Trinajstić information content (AvgIpc) is 3.12. The van der Waals surface area contributed by atoms with Crippen molar-refractivity contribution in [3.63, 3.8) is 0 Å². The van der Waals surface area contributed by atoms with Gasteiger partial charge in [0.15, 0.2) is 11.5 Å². The SMILES string of the molecule is CCNC(CC)c1nnc(-c2ccc3c(c2)OCO3)o1. The molecule has 0 saturated carbocycles. The minimum absolute atomic E-state index is 0.0928. The number of aromatic nitrogens is 2. The van der Waals surface area contributed by atoms with E-state index >= 15 is 0 Å². The molecule has 0 saturated heterocycles. The number of ether oxygens (including phenoxy) is 2. The summed E-state index contributed by atoms with van der Waals surface area (Å²) in [4.78, 5) is 0. The molecule has 0 bridgehead atoms. The molecule has 6 nitrogen and oxygen atoms in total. The molecule has 1 aromatic carbocycles. The zero-order valence-electron chi connectivity index (χ0n) is 11.5. The first-order valence-electron chi connectivity index (χ1n) is 6.78. The minimum Gasteiger partial charge on any atom is -0.454 e. The van der Waals surface area contributed by atoms with E-state index in [4.69, 9.17) is 13.9 Å². The standard InChI is InChI=1S/C14H17N3O3/c1-3-10(15-4-2)14-17-16-13(20-14)9-5-6-11-12(7-9)19-8-18-11/h5-7,10,15H,3-4,8H2,1-2H3. The predicted octanol–water partition coefficient (Wildman–Crippen LogP) is 2.53. The van der Waals surface area contributed by atoms with Gasteiger partial charge in [-0.05, 0) is 31.2 Å². The number of rotatable bonds is 5. The molecule has 106 valence electrons. The predicted molar refractivity (Wildman–Crippen MR) is 72.6 cm³/mol. The lowest BCUT2D eigenvalue weighted by atomic mass is 10.2. The van der Waals surface area contributed by atoms with E-state index in [9.17, 15) is 0 Å². The summed E-state index contributed by atoms with van der Waals surface area (Å²) in [5, 5.41) is 11.5. The van der Waals surface area contributed by atoms with Crippen LogP contribution in [0.3, 0.4) is 0 Å². The van der Waals surface area contributed by atoms with E-state index in [1.807, 2.05) is 18.2 Å². The van der Waals surface area contributed by atoms with Crippen LogP contribution < -0.4 is 14.8 Å². The van der Waals surface area contributed by atoms with Crippen molar-refractivity contribution in [3.8, 4) is 23.0 Å². The second kappa shape index (κ2) is 5.50. The third-order valence-corrected chi connectivity index (χ3v) is 3.22. The number of fused-ring (bicyclic) bond motifs is 1. The van der Waals surface area contributed by atoms with Gasteiger partial charge in [-0.15, -0.1) is 10.2 Å². The largest absolute Gasteiger partial charge is 0.454 e. The molecular weight excluding hydrogens is 258 g/mol. The summed E-state index contributed by atoms with van der Waals surface area (Å²) in [5.41, 5.74) is 0.833. The Bertz CT molecular complexity index is 597. The van der Waals surface area contributed by atoms with Crippen molar-refractivity contribution < 1.29 is 13.9 Å². The number of benzene rings is 1. The number of nitrogens with one attached hydrogen (secondary N) is 1. The van der Waals surface area contributed by atoms with Gasteiger partial charge in [0.05, 0.1) is 6.04 Å². The van der Waals surface area contributed by atoms with Crippen molar-refractivity contribution in [2.75, 3.05) is 13.3 Å². The zero-order chi connectivity index (χ0) is 13.9. The molecule has 2 aromatic rings. The molecule has 0 radical (unpaired) electrons. The molecule has 0 amide bonds. The second-order valence-corrected chi connectivity index (χ2v) is 4.53. The van der Waals surface area contributed by atoms with E-state index in [-0.39, 0.29) is 12.8 Å². The Morgan fingerprint density at radius 2 is 2.05 bits per heavy atom. The van der Waals surface area contributed by atoms with E-state index in [1.54, 1.807) is 0 Å². The summed E-state index contributed by atoms with van der Waals surface area (Å²) >= 11 is 0. The molecule has 1 aromatic heterocycles. The van der Waals surface area contributed by atoms with Crippen molar-refractivity contribution >= 4 is 0 Å². The highest BCUT2D eigenvalue weighted by Gasteiger charge is 2.19. The molecule has 1 N–H and O–H groups in total. The van der Waals surface area contributed by atoms with Crippen LogP contribution in [0, 0.1) is 0 Å². The van der Waals surface area contributed by atoms with Gasteiger partial charge in [0, 0.05) is 5.56 Å². The number of hydrogen-bond donors (Lipinski definition) is 1. The molecule has 0 spiro atoms. The summed E-state index contributed by atoms with van der Waals surface area (Å²) in [6.07, 6.45) is 0.899. The molecule has 20 heavy (non-hydrogen) atoms. The van der Waals surface area contributed by atoms with Crippen molar-refractivity contribution in [2.45, 2.75) is 26.3 Å². The van der Waals surface area contributed by atoms with Gasteiger partial charge in [0.1, 0.15) is 0 Å². The Balaban J connectivity index is 1.86. The molecule has 3 rings (SSSR count). The van der Waals surface area contributed by atoms with Crippen LogP contribution in [-0.2, 0) is 0 Å². The summed E-state index contributed by atoms with van der Waals surface area (Å²) in [5.74, 6) is 2.56. The van der Waals surface area contributed by atoms with Crippen LogP contribution in [0.4, 0.5) is 0 Å². The monoisotopic (exact) mass is 275 g/mol. The highest BCUT2D eigenvalue weighted by molar-refractivity contribution is 5.60. The summed E-state index contributed by atoms with van der Waals surface area (Å²) in [7, 11) is 0. The van der Waals surface area contributed by atoms with E-state index in [1.165, 1.54) is 0 Å². The first-order valence-corrected chi connectivity index (χ1v) is 6.78. The third kappa shape index (κ3) is 2.34. The topological polar surface area (TPSA) is 69.4 Å². The molecule has 1 unspecified atom stereocenters. The fraction of sp³-hybridized carbons (Fsp3) is 0.429. The van der Waals surface area contributed by atoms with Crippen molar-refractivity contribution in [1.29, 1.82) is 0 Å². The molecule has 0 aliphatic carbocycles. The molecule has 6 heteroatoms. The Morgan fingerprint density at radius 1 is 1.20 bits per heavy atom. The van der Waals surface area contributed by atoms with Crippen LogP contribution in [-0.4, -0.2) is 23.5 Å². The Kier molecular flexibility index (Phi) is 3.56. The van der Waals surface area contributed by atoms with Crippen LogP contribution >= 0.6 is 0 Å². The summed E-state index contributed by atoms with van der Waals surface area (Å²) < 4.78 is 16.4. The Morgan fingerprint density at radius 3 is 2.85 bits per heavy atom. The Labute approximate surface area is 117 Å². The first-order chi connectivity index (χ1) is 9.81. The average molecular weight is 275 g/mol. The Hall–Kier alpha value is -2.08. The fourth-order valence-corrected chi connectivity index (χ4v) is 2.17. The van der Waals surface area contributed by atoms with Gasteiger partial charge < -0.3 is 19.2 Å². The van der Waals surface area contributed by atoms with Gasteiger partial charge in [-0.25, -0.2) is 0 Å². The number of nitrogens with zero attached hydrogens (tertiary/aromatic N) is 2. The van der Waals surface area contributed by atoms with Crippen LogP contribution in [0.5, 0.6) is 11.5 Å². The van der Waals surface area contributed by atoms with Gasteiger partial charge in [-0.3, -0.25) is 0 Å². The highest BCUT2D eigenvalue weighted by Crippen LogP contribution is 2.35. The maximum atomic E-state index is 5.75. The quantitative estimate of drug-likeness (QED) is 0.904. The fourth-order valence-electron chi connectivity index (χ4n) is 2.17. The molecule has 2 heterocycles. The van der Waals surface area contributed by atoms with Crippen LogP contribution in [0.15, 0.2) is 22.6 Å². The number of hydrogen-bond acceptors (Lipinski definition) is 6. The van der Waals surface area contributed by atoms with E-state index in [2.05, 4.69) is 29.4 Å². The van der Waals surface area contributed by atoms with Crippen molar-refractivity contribution in [3.05, 3.63) is 24.1 Å². The van der Waals surface area contributed by atoms with Crippen molar-refractivity contribution in [1.82, 2.24) is 15.5 Å². The third-order valence-electron chi connectivity index (χ3n) is 3.22. The molecule has 1 aliphatic rings. The van der Waals surface area contributed by atoms with E-state index in [0.717, 1.165) is 24.3 Å². The van der Waals surface area contributed by atoms with Gasteiger partial charge in [0.2, 0.25) is 18.6 Å². The zero-order valence-corrected chi connectivity index (χ0v) is 11.5. The lowest BCUT2D eigenvalue weighted by Gasteiger charge is -2.10. The molecule has 0 fully saturated rings. The van der Waals surface area contributed by atoms with E-state index < -0.39 is 0 Å². The molecule has 1 atom stereocenters. The van der Waals surface area contributed by atoms with Crippen LogP contribution in [0.2, 0.25) is 0 Å². The minimum atomic E-state index is 0.0928. The van der Waals surface area contributed by atoms with E-state index in [0.29, 0.717) is 17.5 Å². The van der Waals surface area contributed by atoms with Crippen LogP contribution in [0.25, 0.3) is 11.5 Å². The maximum Gasteiger partial charge on any atom is 0.247 e. The van der Waals surface area contributed by atoms with Gasteiger partial charge >= 0.3 is 0 Å². The highest BCUT2D eigenvalue weighted by atomic mass is 16.7. The smallest absolute Gasteiger partial charge is 0.247 e. The lowest BCUT2D eigenvalue weighted by Crippen LogP contribution is -2.20. The maximum absolute atomic E-state index is 5.75. The van der Waals surface area contributed by atoms with Gasteiger partial charge in [-0.2, -0.15) is 0 Å². The lowest BCUT2D eigenvalue weighted by molar-refractivity contribution is 0.174. The normalized spacial score (nSPS) is 14.5. The molecular formula is C14H17N3O3. The summed E-state index contributed by atoms with van der Waals surface area (Å²) in [6.45, 7) is 5.25. The molecule has 1 aliphatic heterocycles. The second-order valence-electron chi connectivity index (χ2n) is 4.53. The van der Waals surface area contributed by atoms with Gasteiger partial charge in [-0.1, -0.05) is 13.8 Å². The van der Waals surface area contributed by atoms with Crippen molar-refractivity contribution in [2.24, 2.45) is 0 Å². The summed E-state index contributed by atoms with van der Waals surface area (Å²) in [6, 6.07) is 5.69. The van der Waals surface area contributed by atoms with Crippen LogP contribution in [0.1, 0.15) is 32.2 Å². The van der Waals surface area contributed by atoms with Gasteiger partial charge in [0.25, 0.3) is 0 Å².